The largest absolute Gasteiger partial charge is 0.480 e. The minimum absolute atomic E-state index is 0.211. The Labute approximate surface area is 117 Å². The van der Waals surface area contributed by atoms with Crippen LogP contribution in [0.1, 0.15) is 5.56 Å². The van der Waals surface area contributed by atoms with E-state index < -0.39 is 0 Å². The first-order chi connectivity index (χ1) is 9.17. The van der Waals surface area contributed by atoms with Crippen LogP contribution in [0.3, 0.4) is 0 Å². The van der Waals surface area contributed by atoms with Crippen molar-refractivity contribution in [1.82, 2.24) is 20.2 Å². The van der Waals surface area contributed by atoms with Gasteiger partial charge < -0.3 is 10.1 Å². The van der Waals surface area contributed by atoms with E-state index in [1.807, 2.05) is 12.3 Å². The molecule has 3 aromatic rings. The average Bonchev–Trinajstić information content (AvgIpc) is 2.97. The molecule has 0 aliphatic carbocycles. The minimum Gasteiger partial charge on any atom is -0.480 e. The first-order valence-electron chi connectivity index (χ1n) is 5.45. The Balaban J connectivity index is 2.04. The Hall–Kier alpha value is -1.86. The Morgan fingerprint density at radius 1 is 1.42 bits per heavy atom. The zero-order chi connectivity index (χ0) is 13.4. The summed E-state index contributed by atoms with van der Waals surface area (Å²) in [7, 11) is 1.56. The first-order valence-corrected chi connectivity index (χ1v) is 6.71. The monoisotopic (exact) mass is 295 g/mol. The van der Waals surface area contributed by atoms with Crippen LogP contribution in [-0.4, -0.2) is 27.3 Å². The number of aryl methyl sites for hydroxylation is 1. The van der Waals surface area contributed by atoms with Crippen molar-refractivity contribution in [1.29, 1.82) is 0 Å². The number of aromatic nitrogens is 4. The van der Waals surface area contributed by atoms with E-state index in [1.54, 1.807) is 24.5 Å². The number of nitrogens with one attached hydrogen (secondary N) is 2. The summed E-state index contributed by atoms with van der Waals surface area (Å²) < 4.78 is 5.96. The van der Waals surface area contributed by atoms with Crippen LogP contribution in [-0.2, 0) is 0 Å². The maximum absolute atomic E-state index is 5.94. The van der Waals surface area contributed by atoms with Gasteiger partial charge in [0.25, 0.3) is 0 Å². The highest BCUT2D eigenvalue weighted by Gasteiger charge is 2.12. The lowest BCUT2D eigenvalue weighted by atomic mass is 10.3. The van der Waals surface area contributed by atoms with Gasteiger partial charge in [0.1, 0.15) is 5.82 Å². The zero-order valence-electron chi connectivity index (χ0n) is 10.2. The Morgan fingerprint density at radius 3 is 3.00 bits per heavy atom. The molecule has 0 unspecified atom stereocenters. The van der Waals surface area contributed by atoms with Gasteiger partial charge in [-0.05, 0) is 29.5 Å². The van der Waals surface area contributed by atoms with Crippen LogP contribution in [0, 0.1) is 6.92 Å². The normalized spacial score (nSPS) is 10.9. The fourth-order valence-electron chi connectivity index (χ4n) is 1.69. The number of halogens is 1. The number of aromatic amines is 1. The van der Waals surface area contributed by atoms with E-state index in [-0.39, 0.29) is 5.28 Å². The third kappa shape index (κ3) is 2.22. The molecule has 0 saturated carbocycles. The number of ether oxygens (including phenoxy) is 1. The van der Waals surface area contributed by atoms with Crippen LogP contribution in [0.2, 0.25) is 5.28 Å². The van der Waals surface area contributed by atoms with Gasteiger partial charge in [0.15, 0.2) is 5.82 Å². The van der Waals surface area contributed by atoms with E-state index in [2.05, 4.69) is 25.5 Å². The van der Waals surface area contributed by atoms with Crippen molar-refractivity contribution in [2.75, 3.05) is 12.4 Å². The molecule has 0 fully saturated rings. The molecule has 19 heavy (non-hydrogen) atoms. The predicted octanol–water partition coefficient (Wildman–Crippen LogP) is 3.13. The lowest BCUT2D eigenvalue weighted by Crippen LogP contribution is -1.96. The molecule has 3 rings (SSSR count). The second-order valence-corrected chi connectivity index (χ2v) is 5.10. The summed E-state index contributed by atoms with van der Waals surface area (Å²) in [6.07, 6.45) is 0. The van der Waals surface area contributed by atoms with Crippen LogP contribution in [0.4, 0.5) is 11.6 Å². The summed E-state index contributed by atoms with van der Waals surface area (Å²) in [4.78, 5) is 8.44. The molecule has 0 aliphatic heterocycles. The summed E-state index contributed by atoms with van der Waals surface area (Å²) in [5, 5.41) is 12.1. The van der Waals surface area contributed by atoms with E-state index >= 15 is 0 Å². The molecule has 0 aliphatic rings. The lowest BCUT2D eigenvalue weighted by Gasteiger charge is -2.04. The molecule has 0 atom stereocenters. The second-order valence-electron chi connectivity index (χ2n) is 3.89. The van der Waals surface area contributed by atoms with Gasteiger partial charge in [-0.15, -0.1) is 16.4 Å². The maximum atomic E-state index is 5.94. The van der Waals surface area contributed by atoms with Gasteiger partial charge in [0.05, 0.1) is 17.3 Å². The van der Waals surface area contributed by atoms with Crippen LogP contribution < -0.4 is 10.1 Å². The molecule has 98 valence electrons. The molecular weight excluding hydrogens is 286 g/mol. The Morgan fingerprint density at radius 2 is 2.26 bits per heavy atom. The van der Waals surface area contributed by atoms with Gasteiger partial charge in [-0.2, -0.15) is 4.98 Å². The quantitative estimate of drug-likeness (QED) is 0.726. The van der Waals surface area contributed by atoms with Gasteiger partial charge >= 0.3 is 0 Å². The number of hydrogen-bond donors (Lipinski definition) is 2. The molecule has 0 bridgehead atoms. The summed E-state index contributed by atoms with van der Waals surface area (Å²) >= 11 is 7.51. The second kappa shape index (κ2) is 4.67. The highest BCUT2D eigenvalue weighted by molar-refractivity contribution is 7.18. The predicted molar refractivity (Wildman–Crippen MR) is 75.6 cm³/mol. The molecule has 0 spiro atoms. The number of hydrogen-bond acceptors (Lipinski definition) is 6. The van der Waals surface area contributed by atoms with Gasteiger partial charge in [-0.25, -0.2) is 4.98 Å². The molecule has 6 nitrogen and oxygen atoms in total. The van der Waals surface area contributed by atoms with Crippen molar-refractivity contribution in [2.24, 2.45) is 0 Å². The fourth-order valence-corrected chi connectivity index (χ4v) is 2.79. The zero-order valence-corrected chi connectivity index (χ0v) is 11.8. The van der Waals surface area contributed by atoms with Gasteiger partial charge in [-0.3, -0.25) is 5.10 Å². The summed E-state index contributed by atoms with van der Waals surface area (Å²) in [5.74, 6) is 1.83. The van der Waals surface area contributed by atoms with E-state index in [4.69, 9.17) is 16.3 Å². The molecule has 3 aromatic heterocycles. The lowest BCUT2D eigenvalue weighted by molar-refractivity contribution is 0.397. The summed E-state index contributed by atoms with van der Waals surface area (Å²) in [6.45, 7) is 1.99. The third-order valence-corrected chi connectivity index (χ3v) is 3.84. The van der Waals surface area contributed by atoms with Crippen molar-refractivity contribution in [2.45, 2.75) is 6.92 Å². The summed E-state index contributed by atoms with van der Waals surface area (Å²) in [5.41, 5.74) is 1.94. The number of thiophene rings is 1. The maximum Gasteiger partial charge on any atom is 0.234 e. The fraction of sp³-hybridized carbons (Fsp3) is 0.182. The van der Waals surface area contributed by atoms with Gasteiger partial charge in [0.2, 0.25) is 11.2 Å². The topological polar surface area (TPSA) is 75.7 Å². The third-order valence-electron chi connectivity index (χ3n) is 2.58. The number of fused-ring (bicyclic) bond motifs is 1. The minimum atomic E-state index is 0.211. The van der Waals surface area contributed by atoms with Crippen LogP contribution in [0.5, 0.6) is 5.88 Å². The molecular formula is C11H10ClN5OS. The SMILES string of the molecule is COc1cc(Nc2nc(Cl)nc3c(C)csc23)[nH]n1. The molecule has 0 amide bonds. The number of rotatable bonds is 3. The Kier molecular flexibility index (Phi) is 3.00. The van der Waals surface area contributed by atoms with E-state index in [1.165, 1.54) is 0 Å². The first kappa shape index (κ1) is 12.2. The van der Waals surface area contributed by atoms with Crippen molar-refractivity contribution in [3.63, 3.8) is 0 Å². The molecule has 0 radical (unpaired) electrons. The molecule has 8 heteroatoms. The number of anilines is 2. The van der Waals surface area contributed by atoms with Crippen LogP contribution in [0.25, 0.3) is 10.2 Å². The number of nitrogens with zero attached hydrogens (tertiary/aromatic N) is 3. The van der Waals surface area contributed by atoms with E-state index in [0.717, 1.165) is 15.8 Å². The summed E-state index contributed by atoms with van der Waals surface area (Å²) in [6, 6.07) is 1.74. The van der Waals surface area contributed by atoms with E-state index in [0.29, 0.717) is 17.5 Å². The van der Waals surface area contributed by atoms with Crippen LogP contribution >= 0.6 is 22.9 Å². The van der Waals surface area contributed by atoms with Crippen molar-refractivity contribution in [3.05, 3.63) is 22.3 Å². The van der Waals surface area contributed by atoms with Crippen molar-refractivity contribution < 1.29 is 4.74 Å². The number of H-pyrrole nitrogens is 1. The highest BCUT2D eigenvalue weighted by atomic mass is 35.5. The van der Waals surface area contributed by atoms with Crippen LogP contribution in [0.15, 0.2) is 11.4 Å². The highest BCUT2D eigenvalue weighted by Crippen LogP contribution is 2.32. The Bertz CT molecular complexity index is 738. The molecule has 0 aromatic carbocycles. The molecule has 2 N–H and O–H groups in total. The molecule has 0 saturated heterocycles. The average molecular weight is 296 g/mol. The van der Waals surface area contributed by atoms with Crippen molar-refractivity contribution in [3.8, 4) is 5.88 Å². The number of methoxy groups -OCH3 is 1. The standard InChI is InChI=1S/C11H10ClN5OS/c1-5-4-19-9-8(5)14-11(12)15-10(9)13-6-3-7(18-2)17-16-6/h3-4H,1-2H3,(H2,13,14,15,16,17). The van der Waals surface area contributed by atoms with Gasteiger partial charge in [0, 0.05) is 6.07 Å². The molecule has 3 heterocycles. The van der Waals surface area contributed by atoms with Gasteiger partial charge in [-0.1, -0.05) is 0 Å². The van der Waals surface area contributed by atoms with Crippen molar-refractivity contribution >= 4 is 44.8 Å². The van der Waals surface area contributed by atoms with E-state index in [9.17, 15) is 0 Å². The smallest absolute Gasteiger partial charge is 0.234 e.